The number of carbonyl (C=O) groups is 1. The van der Waals surface area contributed by atoms with Gasteiger partial charge in [-0.3, -0.25) is 9.48 Å². The van der Waals surface area contributed by atoms with E-state index in [0.717, 1.165) is 5.69 Å². The lowest BCUT2D eigenvalue weighted by Gasteiger charge is -2.11. The molecule has 0 radical (unpaired) electrons. The Morgan fingerprint density at radius 3 is 2.86 bits per heavy atom. The predicted octanol–water partition coefficient (Wildman–Crippen LogP) is 2.89. The second-order valence-corrected chi connectivity index (χ2v) is 4.77. The molecule has 2 aromatic rings. The van der Waals surface area contributed by atoms with Gasteiger partial charge in [0.15, 0.2) is 0 Å². The summed E-state index contributed by atoms with van der Waals surface area (Å²) in [5.41, 5.74) is 1.31. The number of hydrogen-bond donors (Lipinski definition) is 1. The molecule has 1 aromatic carbocycles. The van der Waals surface area contributed by atoms with Gasteiger partial charge in [0.25, 0.3) is 5.91 Å². The number of para-hydroxylation sites is 1. The van der Waals surface area contributed by atoms with Crippen molar-refractivity contribution in [3.05, 3.63) is 46.7 Å². The molecule has 0 unspecified atom stereocenters. The van der Waals surface area contributed by atoms with E-state index in [9.17, 15) is 4.79 Å². The first-order valence-electron chi connectivity index (χ1n) is 6.87. The van der Waals surface area contributed by atoms with E-state index in [0.29, 0.717) is 36.0 Å². The van der Waals surface area contributed by atoms with Crippen molar-refractivity contribution in [2.24, 2.45) is 0 Å². The summed E-state index contributed by atoms with van der Waals surface area (Å²) in [4.78, 5) is 12.3. The van der Waals surface area contributed by atoms with Crippen molar-refractivity contribution in [2.75, 3.05) is 6.61 Å². The first-order valence-corrected chi connectivity index (χ1v) is 7.25. The summed E-state index contributed by atoms with van der Waals surface area (Å²) in [6, 6.07) is 7.16. The van der Waals surface area contributed by atoms with Gasteiger partial charge in [0, 0.05) is 6.54 Å². The Labute approximate surface area is 128 Å². The van der Waals surface area contributed by atoms with Crippen molar-refractivity contribution < 1.29 is 9.53 Å². The minimum absolute atomic E-state index is 0.195. The number of halogens is 1. The van der Waals surface area contributed by atoms with Crippen LogP contribution in [-0.2, 0) is 13.1 Å². The molecule has 21 heavy (non-hydrogen) atoms. The van der Waals surface area contributed by atoms with E-state index >= 15 is 0 Å². The average molecular weight is 308 g/mol. The SMILES string of the molecule is CCOc1ccccc1C(=O)NCc1c(Cl)cnn1CC. The number of aryl methyl sites for hydroxylation is 1. The standard InChI is InChI=1S/C15H18ClN3O2/c1-3-19-13(12(16)9-18-19)10-17-15(20)11-7-5-6-8-14(11)21-4-2/h5-9H,3-4,10H2,1-2H3,(H,17,20). The van der Waals surface area contributed by atoms with Gasteiger partial charge in [-0.25, -0.2) is 0 Å². The van der Waals surface area contributed by atoms with Crippen LogP contribution < -0.4 is 10.1 Å². The summed E-state index contributed by atoms with van der Waals surface area (Å²) in [6.07, 6.45) is 1.58. The van der Waals surface area contributed by atoms with E-state index in [-0.39, 0.29) is 5.91 Å². The number of hydrogen-bond acceptors (Lipinski definition) is 3. The van der Waals surface area contributed by atoms with Crippen molar-refractivity contribution in [1.82, 2.24) is 15.1 Å². The molecule has 112 valence electrons. The maximum atomic E-state index is 12.3. The Bertz CT molecular complexity index is 625. The average Bonchev–Trinajstić information content (AvgIpc) is 2.86. The lowest BCUT2D eigenvalue weighted by atomic mass is 10.2. The molecule has 1 amide bonds. The Morgan fingerprint density at radius 1 is 1.38 bits per heavy atom. The summed E-state index contributed by atoms with van der Waals surface area (Å²) >= 11 is 6.07. The van der Waals surface area contributed by atoms with Crippen LogP contribution in [0.25, 0.3) is 0 Å². The Kier molecular flexibility index (Phi) is 5.22. The summed E-state index contributed by atoms with van der Waals surface area (Å²) in [7, 11) is 0. The maximum absolute atomic E-state index is 12.3. The number of ether oxygens (including phenoxy) is 1. The van der Waals surface area contributed by atoms with Crippen molar-refractivity contribution in [3.63, 3.8) is 0 Å². The van der Waals surface area contributed by atoms with Gasteiger partial charge in [0.2, 0.25) is 0 Å². The number of rotatable bonds is 6. The first-order chi connectivity index (χ1) is 10.2. The van der Waals surface area contributed by atoms with Crippen molar-refractivity contribution in [3.8, 4) is 5.75 Å². The molecule has 0 aliphatic carbocycles. The quantitative estimate of drug-likeness (QED) is 0.893. The number of amides is 1. The van der Waals surface area contributed by atoms with Gasteiger partial charge in [0.05, 0.1) is 35.6 Å². The van der Waals surface area contributed by atoms with Gasteiger partial charge in [-0.15, -0.1) is 0 Å². The van der Waals surface area contributed by atoms with Crippen LogP contribution in [-0.4, -0.2) is 22.3 Å². The zero-order valence-electron chi connectivity index (χ0n) is 12.1. The van der Waals surface area contributed by atoms with Gasteiger partial charge < -0.3 is 10.1 Å². The van der Waals surface area contributed by atoms with Crippen LogP contribution in [0.1, 0.15) is 29.9 Å². The lowest BCUT2D eigenvalue weighted by molar-refractivity contribution is 0.0946. The predicted molar refractivity (Wildman–Crippen MR) is 81.7 cm³/mol. The van der Waals surface area contributed by atoms with Crippen molar-refractivity contribution in [1.29, 1.82) is 0 Å². The third-order valence-corrected chi connectivity index (χ3v) is 3.36. The Balaban J connectivity index is 2.10. The van der Waals surface area contributed by atoms with Gasteiger partial charge >= 0.3 is 0 Å². The zero-order valence-corrected chi connectivity index (χ0v) is 12.9. The third kappa shape index (κ3) is 3.55. The Morgan fingerprint density at radius 2 is 2.14 bits per heavy atom. The molecule has 1 heterocycles. The molecule has 0 aliphatic rings. The molecular formula is C15H18ClN3O2. The number of nitrogens with zero attached hydrogens (tertiary/aromatic N) is 2. The summed E-state index contributed by atoms with van der Waals surface area (Å²) in [5, 5.41) is 7.54. The molecule has 5 nitrogen and oxygen atoms in total. The smallest absolute Gasteiger partial charge is 0.255 e. The van der Waals surface area contributed by atoms with Crippen LogP contribution in [0.3, 0.4) is 0 Å². The monoisotopic (exact) mass is 307 g/mol. The molecule has 1 N–H and O–H groups in total. The van der Waals surface area contributed by atoms with Crippen LogP contribution in [0, 0.1) is 0 Å². The highest BCUT2D eigenvalue weighted by atomic mass is 35.5. The fourth-order valence-electron chi connectivity index (χ4n) is 2.03. The normalized spacial score (nSPS) is 10.4. The second kappa shape index (κ2) is 7.13. The number of carbonyl (C=O) groups excluding carboxylic acids is 1. The molecule has 1 aromatic heterocycles. The van der Waals surface area contributed by atoms with Gasteiger partial charge in [-0.1, -0.05) is 23.7 Å². The highest BCUT2D eigenvalue weighted by Gasteiger charge is 2.14. The van der Waals surface area contributed by atoms with Gasteiger partial charge in [0.1, 0.15) is 5.75 Å². The second-order valence-electron chi connectivity index (χ2n) is 4.37. The Hall–Kier alpha value is -2.01. The molecule has 6 heteroatoms. The number of benzene rings is 1. The molecule has 0 saturated carbocycles. The molecule has 0 fully saturated rings. The largest absolute Gasteiger partial charge is 0.493 e. The molecular weight excluding hydrogens is 290 g/mol. The van der Waals surface area contributed by atoms with E-state index in [1.54, 1.807) is 29.1 Å². The fourth-order valence-corrected chi connectivity index (χ4v) is 2.24. The molecule has 0 aliphatic heterocycles. The van der Waals surface area contributed by atoms with E-state index in [4.69, 9.17) is 16.3 Å². The van der Waals surface area contributed by atoms with Crippen LogP contribution in [0.4, 0.5) is 0 Å². The first kappa shape index (κ1) is 15.4. The minimum atomic E-state index is -0.195. The molecule has 0 spiro atoms. The highest BCUT2D eigenvalue weighted by Crippen LogP contribution is 2.19. The molecule has 0 saturated heterocycles. The summed E-state index contributed by atoms with van der Waals surface area (Å²) < 4.78 is 7.22. The van der Waals surface area contributed by atoms with E-state index in [1.165, 1.54) is 0 Å². The van der Waals surface area contributed by atoms with E-state index in [1.807, 2.05) is 19.9 Å². The fraction of sp³-hybridized carbons (Fsp3) is 0.333. The van der Waals surface area contributed by atoms with E-state index in [2.05, 4.69) is 10.4 Å². The number of aromatic nitrogens is 2. The third-order valence-electron chi connectivity index (χ3n) is 3.05. The van der Waals surface area contributed by atoms with Crippen LogP contribution >= 0.6 is 11.6 Å². The van der Waals surface area contributed by atoms with Crippen LogP contribution in [0.15, 0.2) is 30.5 Å². The number of nitrogens with one attached hydrogen (secondary N) is 1. The zero-order chi connectivity index (χ0) is 15.2. The van der Waals surface area contributed by atoms with E-state index < -0.39 is 0 Å². The molecule has 0 bridgehead atoms. The summed E-state index contributed by atoms with van der Waals surface area (Å²) in [6.45, 7) is 5.39. The lowest BCUT2D eigenvalue weighted by Crippen LogP contribution is -2.25. The van der Waals surface area contributed by atoms with Crippen LogP contribution in [0.5, 0.6) is 5.75 Å². The summed E-state index contributed by atoms with van der Waals surface area (Å²) in [5.74, 6) is 0.381. The van der Waals surface area contributed by atoms with Gasteiger partial charge in [-0.05, 0) is 26.0 Å². The highest BCUT2D eigenvalue weighted by molar-refractivity contribution is 6.31. The van der Waals surface area contributed by atoms with Crippen LogP contribution in [0.2, 0.25) is 5.02 Å². The topological polar surface area (TPSA) is 56.1 Å². The minimum Gasteiger partial charge on any atom is -0.493 e. The van der Waals surface area contributed by atoms with Gasteiger partial charge in [-0.2, -0.15) is 5.10 Å². The van der Waals surface area contributed by atoms with Crippen molar-refractivity contribution in [2.45, 2.75) is 26.9 Å². The molecule has 0 atom stereocenters. The van der Waals surface area contributed by atoms with Crippen molar-refractivity contribution >= 4 is 17.5 Å². The maximum Gasteiger partial charge on any atom is 0.255 e. The molecule has 2 rings (SSSR count).